The summed E-state index contributed by atoms with van der Waals surface area (Å²) in [7, 11) is -4.66. The molecule has 0 aromatic carbocycles. The van der Waals surface area contributed by atoms with Crippen LogP contribution in [0.15, 0.2) is 0 Å². The van der Waals surface area contributed by atoms with E-state index < -0.39 is 51.1 Å². The third-order valence-electron chi connectivity index (χ3n) is 5.41. The minimum absolute atomic E-state index is 0.106. The van der Waals surface area contributed by atoms with Gasteiger partial charge in [-0.3, -0.25) is 23.4 Å². The predicted molar refractivity (Wildman–Crippen MR) is 134 cm³/mol. The summed E-state index contributed by atoms with van der Waals surface area (Å²) in [5.74, 6) is -2.48. The van der Waals surface area contributed by atoms with Gasteiger partial charge in [0.2, 0.25) is 0 Å². The highest BCUT2D eigenvalue weighted by atomic mass is 31.2. The van der Waals surface area contributed by atoms with Gasteiger partial charge >= 0.3 is 25.7 Å². The summed E-state index contributed by atoms with van der Waals surface area (Å²) in [5.41, 5.74) is 5.22. The fourth-order valence-electron chi connectivity index (χ4n) is 3.22. The van der Waals surface area contributed by atoms with Gasteiger partial charge in [-0.1, -0.05) is 84.5 Å². The first-order valence-corrected chi connectivity index (χ1v) is 14.6. The molecule has 0 aliphatic rings. The zero-order valence-electron chi connectivity index (χ0n) is 21.9. The van der Waals surface area contributed by atoms with Crippen molar-refractivity contribution in [2.75, 3.05) is 19.8 Å². The van der Waals surface area contributed by atoms with E-state index in [0.29, 0.717) is 6.42 Å². The lowest BCUT2D eigenvalue weighted by Gasteiger charge is -2.20. The van der Waals surface area contributed by atoms with Crippen LogP contribution in [0.1, 0.15) is 104 Å². The predicted octanol–water partition coefficient (Wildman–Crippen LogP) is 4.49. The van der Waals surface area contributed by atoms with Crippen molar-refractivity contribution in [2.24, 2.45) is 5.73 Å². The fraction of sp³-hybridized carbons (Fsp3) is 0.875. The number of phosphoric acid groups is 1. The number of carbonyl (C=O) groups excluding carboxylic acids is 2. The smallest absolute Gasteiger partial charge is 0.472 e. The maximum Gasteiger partial charge on any atom is 0.472 e. The van der Waals surface area contributed by atoms with E-state index in [0.717, 1.165) is 19.3 Å². The van der Waals surface area contributed by atoms with Gasteiger partial charge in [0.25, 0.3) is 0 Å². The minimum Gasteiger partial charge on any atom is -0.480 e. The number of phosphoric ester groups is 1. The molecule has 0 aromatic heterocycles. The first-order valence-electron chi connectivity index (χ1n) is 13.1. The largest absolute Gasteiger partial charge is 0.480 e. The minimum atomic E-state index is -4.66. The Morgan fingerprint density at radius 2 is 1.28 bits per heavy atom. The van der Waals surface area contributed by atoms with Gasteiger partial charge in [-0.25, -0.2) is 4.57 Å². The molecule has 36 heavy (non-hydrogen) atoms. The van der Waals surface area contributed by atoms with E-state index in [-0.39, 0.29) is 19.4 Å². The lowest BCUT2D eigenvalue weighted by Crippen LogP contribution is -2.34. The van der Waals surface area contributed by atoms with Crippen molar-refractivity contribution in [3.05, 3.63) is 0 Å². The summed E-state index contributed by atoms with van der Waals surface area (Å²) in [6, 6.07) is -1.51. The van der Waals surface area contributed by atoms with Gasteiger partial charge in [0.1, 0.15) is 12.6 Å². The molecule has 0 saturated heterocycles. The second-order valence-corrected chi connectivity index (χ2v) is 10.2. The van der Waals surface area contributed by atoms with Gasteiger partial charge in [0, 0.05) is 12.8 Å². The number of unbranched alkanes of at least 4 members (excludes halogenated alkanes) is 11. The molecule has 0 bridgehead atoms. The van der Waals surface area contributed by atoms with Crippen molar-refractivity contribution in [1.29, 1.82) is 0 Å². The SMILES string of the molecule is CCCCCCCCCCCCCCC(=O)OC(COC(=O)CC)COP(=O)(O)OCC(N)C(=O)O. The van der Waals surface area contributed by atoms with E-state index in [1.165, 1.54) is 51.4 Å². The van der Waals surface area contributed by atoms with Crippen LogP contribution in [-0.4, -0.2) is 59.9 Å². The third-order valence-corrected chi connectivity index (χ3v) is 6.36. The highest BCUT2D eigenvalue weighted by molar-refractivity contribution is 7.47. The lowest BCUT2D eigenvalue weighted by molar-refractivity contribution is -0.161. The van der Waals surface area contributed by atoms with Crippen LogP contribution in [0.3, 0.4) is 0 Å². The van der Waals surface area contributed by atoms with Crippen LogP contribution >= 0.6 is 7.82 Å². The summed E-state index contributed by atoms with van der Waals surface area (Å²) < 4.78 is 31.5. The average molecular weight is 540 g/mol. The van der Waals surface area contributed by atoms with Gasteiger partial charge in [-0.05, 0) is 6.42 Å². The summed E-state index contributed by atoms with van der Waals surface area (Å²) in [6.45, 7) is 2.11. The molecule has 12 heteroatoms. The molecule has 0 amide bonds. The molecule has 0 fully saturated rings. The maximum absolute atomic E-state index is 12.2. The summed E-state index contributed by atoms with van der Waals surface area (Å²) in [4.78, 5) is 44.0. The molecule has 212 valence electrons. The molecule has 0 rings (SSSR count). The maximum atomic E-state index is 12.2. The van der Waals surface area contributed by atoms with Crippen LogP contribution in [0.5, 0.6) is 0 Å². The number of carboxylic acid groups (broad SMARTS) is 1. The Balaban J connectivity index is 4.24. The summed E-state index contributed by atoms with van der Waals surface area (Å²) >= 11 is 0. The Bertz CT molecular complexity index is 661. The van der Waals surface area contributed by atoms with E-state index >= 15 is 0 Å². The highest BCUT2D eigenvalue weighted by Crippen LogP contribution is 2.43. The van der Waals surface area contributed by atoms with Crippen molar-refractivity contribution in [2.45, 2.75) is 116 Å². The van der Waals surface area contributed by atoms with E-state index in [1.54, 1.807) is 6.92 Å². The molecule has 0 spiro atoms. The zero-order chi connectivity index (χ0) is 27.2. The Morgan fingerprint density at radius 1 is 0.778 bits per heavy atom. The van der Waals surface area contributed by atoms with Crippen LogP contribution in [0.25, 0.3) is 0 Å². The monoisotopic (exact) mass is 539 g/mol. The molecule has 0 heterocycles. The fourth-order valence-corrected chi connectivity index (χ4v) is 4.00. The van der Waals surface area contributed by atoms with E-state index in [1.807, 2.05) is 0 Å². The lowest BCUT2D eigenvalue weighted by atomic mass is 10.0. The molecule has 0 aliphatic heterocycles. The Labute approximate surface area is 215 Å². The first-order chi connectivity index (χ1) is 17.1. The molecule has 0 saturated carbocycles. The van der Waals surface area contributed by atoms with Crippen molar-refractivity contribution in [1.82, 2.24) is 0 Å². The van der Waals surface area contributed by atoms with Gasteiger partial charge in [-0.2, -0.15) is 0 Å². The second-order valence-electron chi connectivity index (χ2n) is 8.79. The topological polar surface area (TPSA) is 172 Å². The normalized spacial score (nSPS) is 14.6. The van der Waals surface area contributed by atoms with Crippen molar-refractivity contribution >= 4 is 25.7 Å². The number of carboxylic acids is 1. The summed E-state index contributed by atoms with van der Waals surface area (Å²) in [6.07, 6.45) is 13.1. The molecule has 3 unspecified atom stereocenters. The van der Waals surface area contributed by atoms with Crippen molar-refractivity contribution in [3.8, 4) is 0 Å². The van der Waals surface area contributed by atoms with Crippen LogP contribution in [-0.2, 0) is 37.5 Å². The van der Waals surface area contributed by atoms with Gasteiger partial charge < -0.3 is 25.2 Å². The van der Waals surface area contributed by atoms with Gasteiger partial charge in [0.15, 0.2) is 6.10 Å². The van der Waals surface area contributed by atoms with Crippen LogP contribution < -0.4 is 5.73 Å². The molecule has 0 aliphatic carbocycles. The van der Waals surface area contributed by atoms with E-state index in [9.17, 15) is 23.8 Å². The third kappa shape index (κ3) is 20.7. The average Bonchev–Trinajstić information content (AvgIpc) is 2.84. The van der Waals surface area contributed by atoms with Crippen LogP contribution in [0.4, 0.5) is 0 Å². The summed E-state index contributed by atoms with van der Waals surface area (Å²) in [5, 5.41) is 8.70. The molecule has 4 N–H and O–H groups in total. The number of esters is 2. The number of aliphatic carboxylic acids is 1. The van der Waals surface area contributed by atoms with Crippen molar-refractivity contribution in [3.63, 3.8) is 0 Å². The standard InChI is InChI=1S/C24H46NO10P/c1-3-5-6-7-8-9-10-11-12-13-14-15-16-23(27)35-20(17-32-22(26)4-2)18-33-36(30,31)34-19-21(25)24(28)29/h20-21H,3-19,25H2,1-2H3,(H,28,29)(H,30,31). The molecule has 0 radical (unpaired) electrons. The highest BCUT2D eigenvalue weighted by Gasteiger charge is 2.28. The van der Waals surface area contributed by atoms with E-state index in [2.05, 4.69) is 11.4 Å². The second kappa shape index (κ2) is 21.6. The molecule has 11 nitrogen and oxygen atoms in total. The van der Waals surface area contributed by atoms with Crippen molar-refractivity contribution < 1.29 is 47.5 Å². The number of ether oxygens (including phenoxy) is 2. The van der Waals surface area contributed by atoms with E-state index in [4.69, 9.17) is 24.8 Å². The van der Waals surface area contributed by atoms with Gasteiger partial charge in [-0.15, -0.1) is 0 Å². The zero-order valence-corrected chi connectivity index (χ0v) is 22.8. The molecule has 0 aromatic rings. The number of hydrogen-bond acceptors (Lipinski definition) is 9. The van der Waals surface area contributed by atoms with Crippen LogP contribution in [0, 0.1) is 0 Å². The Kier molecular flexibility index (Phi) is 20.6. The number of hydrogen-bond donors (Lipinski definition) is 3. The number of carbonyl (C=O) groups is 3. The Hall–Kier alpha value is -1.52. The molecule has 3 atom stereocenters. The molecular weight excluding hydrogens is 493 g/mol. The van der Waals surface area contributed by atoms with Crippen LogP contribution in [0.2, 0.25) is 0 Å². The number of nitrogens with two attached hydrogens (primary N) is 1. The quantitative estimate of drug-likeness (QED) is 0.0896. The number of rotatable bonds is 24. The van der Waals surface area contributed by atoms with Gasteiger partial charge in [0.05, 0.1) is 13.2 Å². The first kappa shape index (κ1) is 34.5. The molecular formula is C24H46NO10P. The Morgan fingerprint density at radius 3 is 1.78 bits per heavy atom.